The predicted octanol–water partition coefficient (Wildman–Crippen LogP) is 3.53. The van der Waals surface area contributed by atoms with E-state index in [9.17, 15) is 9.59 Å². The number of nitrogens with one attached hydrogen (secondary N) is 3. The molecular weight excluding hydrogens is 438 g/mol. The van der Waals surface area contributed by atoms with E-state index in [0.29, 0.717) is 30.2 Å². The Balaban J connectivity index is 1.18. The van der Waals surface area contributed by atoms with Crippen LogP contribution in [0.2, 0.25) is 0 Å². The van der Waals surface area contributed by atoms with E-state index in [1.165, 1.54) is 11.3 Å². The maximum atomic E-state index is 12.5. The number of aromatic nitrogens is 3. The van der Waals surface area contributed by atoms with Crippen LogP contribution in [0, 0.1) is 0 Å². The molecule has 33 heavy (non-hydrogen) atoms. The number of hydrogen-bond donors (Lipinski definition) is 3. The second-order valence-corrected chi connectivity index (χ2v) is 8.86. The number of hydrogen-bond acceptors (Lipinski definition) is 6. The van der Waals surface area contributed by atoms with E-state index in [-0.39, 0.29) is 17.9 Å². The van der Waals surface area contributed by atoms with E-state index in [2.05, 4.69) is 25.8 Å². The fraction of sp³-hybridized carbons (Fsp3) is 0.250. The molecule has 0 bridgehead atoms. The topological polar surface area (TPSA) is 109 Å². The molecule has 168 valence electrons. The molecule has 1 aromatic carbocycles. The second-order valence-electron chi connectivity index (χ2n) is 7.95. The summed E-state index contributed by atoms with van der Waals surface area (Å²) in [5.41, 5.74) is 4.10. The fourth-order valence-electron chi connectivity index (χ4n) is 3.76. The van der Waals surface area contributed by atoms with Crippen LogP contribution in [0.1, 0.15) is 38.6 Å². The molecule has 0 unspecified atom stereocenters. The van der Waals surface area contributed by atoms with Crippen LogP contribution in [0.4, 0.5) is 0 Å². The predicted molar refractivity (Wildman–Crippen MR) is 126 cm³/mol. The highest BCUT2D eigenvalue weighted by Gasteiger charge is 2.18. The lowest BCUT2D eigenvalue weighted by Crippen LogP contribution is -2.38. The molecule has 0 spiro atoms. The Labute approximate surface area is 194 Å². The van der Waals surface area contributed by atoms with Crippen molar-refractivity contribution in [2.24, 2.45) is 0 Å². The van der Waals surface area contributed by atoms with Crippen molar-refractivity contribution in [2.75, 3.05) is 13.2 Å². The van der Waals surface area contributed by atoms with E-state index < -0.39 is 0 Å². The number of fused-ring (bicyclic) bond motifs is 1. The van der Waals surface area contributed by atoms with Gasteiger partial charge in [0.2, 0.25) is 0 Å². The monoisotopic (exact) mass is 461 g/mol. The molecule has 5 rings (SSSR count). The van der Waals surface area contributed by atoms with E-state index in [1.807, 2.05) is 29.6 Å². The lowest BCUT2D eigenvalue weighted by molar-refractivity contribution is 0.0698. The van der Waals surface area contributed by atoms with Crippen molar-refractivity contribution in [3.05, 3.63) is 70.3 Å². The van der Waals surface area contributed by atoms with E-state index >= 15 is 0 Å². The summed E-state index contributed by atoms with van der Waals surface area (Å²) in [7, 11) is 0. The molecule has 9 heteroatoms. The smallest absolute Gasteiger partial charge is 0.261 e. The first-order chi connectivity index (χ1) is 16.2. The highest BCUT2D eigenvalue weighted by molar-refractivity contribution is 7.12. The Bertz CT molecular complexity index is 1270. The second kappa shape index (κ2) is 9.51. The Morgan fingerprint density at radius 1 is 1.06 bits per heavy atom. The molecule has 8 nitrogen and oxygen atoms in total. The van der Waals surface area contributed by atoms with Gasteiger partial charge in [0.25, 0.3) is 11.8 Å². The standard InChI is InChI=1S/C24H23N5O3S/c30-23(15-2-4-21-17(9-15)12-27-29-21)26-13-20-3-1-16(11-25-20)18-10-22(33-14-18)24(31)28-19-5-7-32-8-6-19/h1-4,9-12,14,19H,5-8,13H2,(H,26,30)(H,27,29)(H,28,31). The van der Waals surface area contributed by atoms with Gasteiger partial charge in [0.1, 0.15) is 0 Å². The van der Waals surface area contributed by atoms with E-state index in [0.717, 1.165) is 40.6 Å². The summed E-state index contributed by atoms with van der Waals surface area (Å²) in [6.07, 6.45) is 5.16. The van der Waals surface area contributed by atoms with Gasteiger partial charge in [0.15, 0.2) is 0 Å². The average molecular weight is 462 g/mol. The Morgan fingerprint density at radius 3 is 2.76 bits per heavy atom. The van der Waals surface area contributed by atoms with Gasteiger partial charge in [-0.3, -0.25) is 19.7 Å². The third-order valence-corrected chi connectivity index (χ3v) is 6.60. The first-order valence-electron chi connectivity index (χ1n) is 10.8. The van der Waals surface area contributed by atoms with Crippen molar-refractivity contribution < 1.29 is 14.3 Å². The lowest BCUT2D eigenvalue weighted by atomic mass is 10.1. The Morgan fingerprint density at radius 2 is 1.94 bits per heavy atom. The number of benzene rings is 1. The fourth-order valence-corrected chi connectivity index (χ4v) is 4.58. The Kier molecular flexibility index (Phi) is 6.14. The summed E-state index contributed by atoms with van der Waals surface area (Å²) in [5.74, 6) is -0.207. The summed E-state index contributed by atoms with van der Waals surface area (Å²) in [4.78, 5) is 30.2. The normalized spacial score (nSPS) is 14.3. The number of carbonyl (C=O) groups excluding carboxylic acids is 2. The largest absolute Gasteiger partial charge is 0.381 e. The number of H-pyrrole nitrogens is 1. The van der Waals surface area contributed by atoms with Gasteiger partial charge < -0.3 is 15.4 Å². The average Bonchev–Trinajstić information content (AvgIpc) is 3.53. The van der Waals surface area contributed by atoms with Crippen LogP contribution in [0.3, 0.4) is 0 Å². The number of nitrogens with zero attached hydrogens (tertiary/aromatic N) is 2. The van der Waals surface area contributed by atoms with E-state index in [1.54, 1.807) is 24.5 Å². The van der Waals surface area contributed by atoms with Gasteiger partial charge >= 0.3 is 0 Å². The van der Waals surface area contributed by atoms with Gasteiger partial charge in [-0.05, 0) is 54.1 Å². The summed E-state index contributed by atoms with van der Waals surface area (Å²) in [5, 5.41) is 15.7. The lowest BCUT2D eigenvalue weighted by Gasteiger charge is -2.22. The van der Waals surface area contributed by atoms with Gasteiger partial charge in [-0.25, -0.2) is 0 Å². The molecular formula is C24H23N5O3S. The highest BCUT2D eigenvalue weighted by atomic mass is 32.1. The van der Waals surface area contributed by atoms with Crippen LogP contribution in [-0.4, -0.2) is 46.3 Å². The third-order valence-electron chi connectivity index (χ3n) is 5.67. The molecule has 4 aromatic rings. The molecule has 0 radical (unpaired) electrons. The molecule has 1 fully saturated rings. The van der Waals surface area contributed by atoms with Crippen molar-refractivity contribution in [2.45, 2.75) is 25.4 Å². The number of amides is 2. The third kappa shape index (κ3) is 4.94. The van der Waals surface area contributed by atoms with Crippen LogP contribution < -0.4 is 10.6 Å². The minimum absolute atomic E-state index is 0.0425. The molecule has 3 N–H and O–H groups in total. The van der Waals surface area contributed by atoms with Crippen molar-refractivity contribution >= 4 is 34.1 Å². The molecule has 1 aliphatic heterocycles. The van der Waals surface area contributed by atoms with Gasteiger partial charge in [0, 0.05) is 42.0 Å². The molecule has 0 atom stereocenters. The number of thiophene rings is 1. The van der Waals surface area contributed by atoms with Crippen molar-refractivity contribution in [3.63, 3.8) is 0 Å². The van der Waals surface area contributed by atoms with Crippen LogP contribution in [0.15, 0.2) is 54.2 Å². The minimum atomic E-state index is -0.165. The minimum Gasteiger partial charge on any atom is -0.381 e. The number of carbonyl (C=O) groups is 2. The zero-order valence-corrected chi connectivity index (χ0v) is 18.7. The quantitative estimate of drug-likeness (QED) is 0.407. The van der Waals surface area contributed by atoms with Gasteiger partial charge in [-0.1, -0.05) is 6.07 Å². The van der Waals surface area contributed by atoms with Crippen molar-refractivity contribution in [1.29, 1.82) is 0 Å². The highest BCUT2D eigenvalue weighted by Crippen LogP contribution is 2.25. The number of pyridine rings is 1. The van der Waals surface area contributed by atoms with Crippen LogP contribution in [0.25, 0.3) is 22.0 Å². The summed E-state index contributed by atoms with van der Waals surface area (Å²) >= 11 is 1.42. The summed E-state index contributed by atoms with van der Waals surface area (Å²) in [6, 6.07) is 11.3. The van der Waals surface area contributed by atoms with Crippen LogP contribution in [0.5, 0.6) is 0 Å². The number of rotatable bonds is 6. The maximum Gasteiger partial charge on any atom is 0.261 e. The van der Waals surface area contributed by atoms with Gasteiger partial charge in [-0.2, -0.15) is 5.10 Å². The summed E-state index contributed by atoms with van der Waals surface area (Å²) < 4.78 is 5.34. The van der Waals surface area contributed by atoms with Gasteiger partial charge in [0.05, 0.1) is 28.8 Å². The zero-order chi connectivity index (χ0) is 22.6. The SMILES string of the molecule is O=C(NCc1ccc(-c2csc(C(=O)NC3CCOCC3)c2)cn1)c1ccc2[nH]ncc2c1. The van der Waals surface area contributed by atoms with Crippen molar-refractivity contribution in [3.8, 4) is 11.1 Å². The molecule has 1 saturated heterocycles. The Hall–Kier alpha value is -3.56. The number of aromatic amines is 1. The maximum absolute atomic E-state index is 12.5. The summed E-state index contributed by atoms with van der Waals surface area (Å²) in [6.45, 7) is 1.71. The molecule has 0 aliphatic carbocycles. The zero-order valence-electron chi connectivity index (χ0n) is 17.8. The first-order valence-corrected chi connectivity index (χ1v) is 11.7. The first kappa shape index (κ1) is 21.3. The van der Waals surface area contributed by atoms with Gasteiger partial charge in [-0.15, -0.1) is 11.3 Å². The molecule has 2 amide bonds. The van der Waals surface area contributed by atoms with Crippen molar-refractivity contribution in [1.82, 2.24) is 25.8 Å². The number of ether oxygens (including phenoxy) is 1. The van der Waals surface area contributed by atoms with Crippen LogP contribution >= 0.6 is 11.3 Å². The van der Waals surface area contributed by atoms with E-state index in [4.69, 9.17) is 4.74 Å². The van der Waals surface area contributed by atoms with Crippen LogP contribution in [-0.2, 0) is 11.3 Å². The molecule has 3 aromatic heterocycles. The molecule has 0 saturated carbocycles. The molecule has 4 heterocycles. The molecule has 1 aliphatic rings.